The van der Waals surface area contributed by atoms with E-state index in [0.29, 0.717) is 5.75 Å². The Hall–Kier alpha value is -1.85. The van der Waals surface area contributed by atoms with Gasteiger partial charge in [0.05, 0.1) is 11.5 Å². The van der Waals surface area contributed by atoms with E-state index in [4.69, 9.17) is 4.74 Å². The zero-order valence-corrected chi connectivity index (χ0v) is 14.9. The van der Waals surface area contributed by atoms with Crippen molar-refractivity contribution in [1.82, 2.24) is 0 Å². The molecule has 0 bridgehead atoms. The van der Waals surface area contributed by atoms with Crippen molar-refractivity contribution in [2.45, 2.75) is 32.1 Å². The molecule has 0 amide bonds. The summed E-state index contributed by atoms with van der Waals surface area (Å²) in [7, 11) is -3.39. The maximum Gasteiger partial charge on any atom is 0.157 e. The van der Waals surface area contributed by atoms with Crippen LogP contribution in [0, 0.1) is 6.92 Å². The third-order valence-corrected chi connectivity index (χ3v) is 5.39. The van der Waals surface area contributed by atoms with E-state index >= 15 is 0 Å². The Kier molecular flexibility index (Phi) is 6.40. The maximum atomic E-state index is 12.2. The Morgan fingerprint density at radius 3 is 2.17 bits per heavy atom. The van der Waals surface area contributed by atoms with Gasteiger partial charge in [0.15, 0.2) is 9.84 Å². The van der Waals surface area contributed by atoms with Crippen molar-refractivity contribution >= 4 is 9.84 Å². The molecule has 2 aromatic carbocycles. The molecule has 130 valence electrons. The van der Waals surface area contributed by atoms with E-state index in [0.717, 1.165) is 17.5 Å². The van der Waals surface area contributed by atoms with Crippen molar-refractivity contribution in [2.75, 3.05) is 12.4 Å². The van der Waals surface area contributed by atoms with E-state index < -0.39 is 15.9 Å². The second kappa shape index (κ2) is 8.31. The lowest BCUT2D eigenvalue weighted by Gasteiger charge is -2.13. The number of aliphatic hydroxyl groups is 1. The molecule has 1 atom stereocenters. The van der Waals surface area contributed by atoms with Crippen LogP contribution in [-0.2, 0) is 22.0 Å². The molecule has 0 radical (unpaired) electrons. The summed E-state index contributed by atoms with van der Waals surface area (Å²) < 4.78 is 29.8. The number of hydrogen-bond donors (Lipinski definition) is 1. The Labute approximate surface area is 144 Å². The largest absolute Gasteiger partial charge is 0.491 e. The average molecular weight is 348 g/mol. The fraction of sp³-hybridized carbons (Fsp3) is 0.368. The van der Waals surface area contributed by atoms with Gasteiger partial charge in [0.25, 0.3) is 0 Å². The van der Waals surface area contributed by atoms with Gasteiger partial charge < -0.3 is 9.84 Å². The molecule has 0 fully saturated rings. The number of hydrogen-bond acceptors (Lipinski definition) is 4. The summed E-state index contributed by atoms with van der Waals surface area (Å²) in [6, 6.07) is 14.9. The predicted molar refractivity (Wildman–Crippen MR) is 96.0 cm³/mol. The average Bonchev–Trinajstić information content (AvgIpc) is 2.55. The van der Waals surface area contributed by atoms with Gasteiger partial charge in [-0.1, -0.05) is 48.9 Å². The molecule has 24 heavy (non-hydrogen) atoms. The van der Waals surface area contributed by atoms with Crippen LogP contribution in [-0.4, -0.2) is 32.0 Å². The van der Waals surface area contributed by atoms with Crippen molar-refractivity contribution in [3.05, 3.63) is 65.2 Å². The highest BCUT2D eigenvalue weighted by atomic mass is 32.2. The number of ether oxygens (including phenoxy) is 1. The minimum atomic E-state index is -3.39. The molecule has 5 heteroatoms. The third kappa shape index (κ3) is 5.98. The van der Waals surface area contributed by atoms with Crippen LogP contribution >= 0.6 is 0 Å². The van der Waals surface area contributed by atoms with E-state index in [2.05, 4.69) is 6.92 Å². The normalized spacial score (nSPS) is 12.8. The zero-order chi connectivity index (χ0) is 17.6. The topological polar surface area (TPSA) is 63.6 Å². The van der Waals surface area contributed by atoms with Crippen LogP contribution in [0.4, 0.5) is 0 Å². The van der Waals surface area contributed by atoms with Crippen molar-refractivity contribution < 1.29 is 18.3 Å². The minimum absolute atomic E-state index is 0.0431. The van der Waals surface area contributed by atoms with Crippen LogP contribution in [0.3, 0.4) is 0 Å². The van der Waals surface area contributed by atoms with Gasteiger partial charge in [0.2, 0.25) is 0 Å². The highest BCUT2D eigenvalue weighted by molar-refractivity contribution is 7.90. The van der Waals surface area contributed by atoms with Crippen LogP contribution in [0.15, 0.2) is 48.5 Å². The van der Waals surface area contributed by atoms with Gasteiger partial charge in [-0.2, -0.15) is 0 Å². The summed E-state index contributed by atoms with van der Waals surface area (Å²) in [4.78, 5) is 0. The van der Waals surface area contributed by atoms with E-state index in [-0.39, 0.29) is 18.1 Å². The summed E-state index contributed by atoms with van der Waals surface area (Å²) >= 11 is 0. The number of rotatable bonds is 8. The van der Waals surface area contributed by atoms with Gasteiger partial charge >= 0.3 is 0 Å². The summed E-state index contributed by atoms with van der Waals surface area (Å²) in [5.41, 5.74) is 3.01. The lowest BCUT2D eigenvalue weighted by molar-refractivity contribution is 0.125. The molecule has 1 unspecified atom stereocenters. The Morgan fingerprint density at radius 1 is 1.00 bits per heavy atom. The highest BCUT2D eigenvalue weighted by Gasteiger charge is 2.18. The first-order valence-electron chi connectivity index (χ1n) is 8.04. The molecule has 0 aliphatic heterocycles. The summed E-state index contributed by atoms with van der Waals surface area (Å²) in [5, 5.41) is 9.96. The number of aryl methyl sites for hydroxylation is 2. The van der Waals surface area contributed by atoms with Crippen molar-refractivity contribution in [3.63, 3.8) is 0 Å². The van der Waals surface area contributed by atoms with Crippen LogP contribution < -0.4 is 4.74 Å². The minimum Gasteiger partial charge on any atom is -0.491 e. The van der Waals surface area contributed by atoms with Crippen LogP contribution in [0.25, 0.3) is 0 Å². The number of benzene rings is 2. The van der Waals surface area contributed by atoms with Crippen molar-refractivity contribution in [3.8, 4) is 5.75 Å². The first-order chi connectivity index (χ1) is 11.4. The molecule has 0 saturated carbocycles. The fourth-order valence-electron chi connectivity index (χ4n) is 2.35. The smallest absolute Gasteiger partial charge is 0.157 e. The van der Waals surface area contributed by atoms with Crippen LogP contribution in [0.5, 0.6) is 5.75 Å². The molecule has 1 N–H and O–H groups in total. The molecule has 0 aliphatic carbocycles. The number of sulfone groups is 1. The molecule has 0 spiro atoms. The van der Waals surface area contributed by atoms with Crippen molar-refractivity contribution in [2.24, 2.45) is 0 Å². The molecule has 0 heterocycles. The first kappa shape index (κ1) is 18.5. The lowest BCUT2D eigenvalue weighted by atomic mass is 10.2. The molecule has 2 aromatic rings. The summed E-state index contributed by atoms with van der Waals surface area (Å²) in [6.07, 6.45) is -0.105. The van der Waals surface area contributed by atoms with Gasteiger partial charge in [-0.15, -0.1) is 0 Å². The first-order valence-corrected chi connectivity index (χ1v) is 9.86. The monoisotopic (exact) mass is 348 g/mol. The highest BCUT2D eigenvalue weighted by Crippen LogP contribution is 2.14. The molecular weight excluding hydrogens is 324 g/mol. The van der Waals surface area contributed by atoms with Gasteiger partial charge in [-0.25, -0.2) is 8.42 Å². The van der Waals surface area contributed by atoms with E-state index in [1.54, 1.807) is 12.1 Å². The van der Waals surface area contributed by atoms with Crippen LogP contribution in [0.2, 0.25) is 0 Å². The maximum absolute atomic E-state index is 12.2. The fourth-order valence-corrected chi connectivity index (χ4v) is 3.85. The van der Waals surface area contributed by atoms with E-state index in [1.807, 2.05) is 43.3 Å². The zero-order valence-electron chi connectivity index (χ0n) is 14.1. The summed E-state index contributed by atoms with van der Waals surface area (Å²) in [6.45, 7) is 3.98. The van der Waals surface area contributed by atoms with Gasteiger partial charge in [-0.05, 0) is 36.6 Å². The quantitative estimate of drug-likeness (QED) is 0.797. The Bertz CT molecular complexity index is 734. The lowest BCUT2D eigenvalue weighted by Crippen LogP contribution is -2.27. The predicted octanol–water partition coefficient (Wildman–Crippen LogP) is 2.91. The van der Waals surface area contributed by atoms with Gasteiger partial charge in [0, 0.05) is 0 Å². The Balaban J connectivity index is 1.85. The molecule has 2 rings (SSSR count). The Morgan fingerprint density at radius 2 is 1.58 bits per heavy atom. The SMILES string of the molecule is CCc1ccc(OCC(O)CS(=O)(=O)Cc2ccc(C)cc2)cc1. The third-order valence-electron chi connectivity index (χ3n) is 3.73. The van der Waals surface area contributed by atoms with E-state index in [1.165, 1.54) is 5.56 Å². The molecule has 4 nitrogen and oxygen atoms in total. The van der Waals surface area contributed by atoms with Crippen LogP contribution in [0.1, 0.15) is 23.6 Å². The molecule has 0 aliphatic rings. The standard InChI is InChI=1S/C19H24O4S/c1-3-16-8-10-19(11-9-16)23-12-18(20)14-24(21,22)13-17-6-4-15(2)5-7-17/h4-11,18,20H,3,12-14H2,1-2H3. The molecular formula is C19H24O4S. The number of aliphatic hydroxyl groups excluding tert-OH is 1. The van der Waals surface area contributed by atoms with Gasteiger partial charge in [-0.3, -0.25) is 0 Å². The second-order valence-corrected chi connectivity index (χ2v) is 8.11. The summed E-state index contributed by atoms with van der Waals surface area (Å²) in [5.74, 6) is 0.242. The molecule has 0 saturated heterocycles. The van der Waals surface area contributed by atoms with Crippen molar-refractivity contribution in [1.29, 1.82) is 0 Å². The van der Waals surface area contributed by atoms with E-state index in [9.17, 15) is 13.5 Å². The molecule has 0 aromatic heterocycles. The second-order valence-electron chi connectivity index (χ2n) is 6.00. The van der Waals surface area contributed by atoms with Gasteiger partial charge in [0.1, 0.15) is 18.5 Å².